The van der Waals surface area contributed by atoms with Crippen LogP contribution in [0.3, 0.4) is 0 Å². The van der Waals surface area contributed by atoms with E-state index in [-0.39, 0.29) is 16.7 Å². The van der Waals surface area contributed by atoms with Crippen LogP contribution >= 0.6 is 11.3 Å². The van der Waals surface area contributed by atoms with Crippen LogP contribution in [0.15, 0.2) is 29.6 Å². The number of aromatic carboxylic acids is 1. The summed E-state index contributed by atoms with van der Waals surface area (Å²) in [5.74, 6) is -0.798. The summed E-state index contributed by atoms with van der Waals surface area (Å²) in [4.78, 5) is 26.5. The smallest absolute Gasteiger partial charge is 0.355 e. The lowest BCUT2D eigenvalue weighted by Gasteiger charge is -2.13. The lowest BCUT2D eigenvalue weighted by Crippen LogP contribution is -2.26. The number of nitrogens with zero attached hydrogens (tertiary/aromatic N) is 1. The average molecular weight is 306 g/mol. The number of carbonyl (C=O) groups is 2. The van der Waals surface area contributed by atoms with Crippen molar-refractivity contribution in [2.45, 2.75) is 13.0 Å². The highest BCUT2D eigenvalue weighted by Gasteiger charge is 2.17. The summed E-state index contributed by atoms with van der Waals surface area (Å²) in [6.45, 7) is 1.84. The molecule has 1 unspecified atom stereocenters. The van der Waals surface area contributed by atoms with E-state index < -0.39 is 11.9 Å². The molecule has 0 aliphatic carbocycles. The first-order chi connectivity index (χ1) is 10.0. The molecule has 0 bridgehead atoms. The second kappa shape index (κ2) is 6.36. The Kier molecular flexibility index (Phi) is 4.54. The number of nitrogens with one attached hydrogen (secondary N) is 1. The van der Waals surface area contributed by atoms with E-state index in [0.717, 1.165) is 22.6 Å². The molecule has 0 aliphatic heterocycles. The molecule has 0 spiro atoms. The number of rotatable bonds is 5. The van der Waals surface area contributed by atoms with Crippen LogP contribution in [0.1, 0.15) is 38.8 Å². The molecule has 1 heterocycles. The molecule has 1 aromatic heterocycles. The highest BCUT2D eigenvalue weighted by Crippen LogP contribution is 2.18. The molecule has 21 heavy (non-hydrogen) atoms. The fraction of sp³-hybridized carbons (Fsp3) is 0.214. The molecular formula is C14H14N2O4S. The van der Waals surface area contributed by atoms with E-state index in [0.29, 0.717) is 0 Å². The maximum Gasteiger partial charge on any atom is 0.355 e. The summed E-state index contributed by atoms with van der Waals surface area (Å²) in [5.41, 5.74) is 0.793. The van der Waals surface area contributed by atoms with Gasteiger partial charge in [0.05, 0.1) is 13.2 Å². The molecule has 0 aliphatic rings. The molecule has 0 fully saturated rings. The molecule has 6 nitrogen and oxygen atoms in total. The van der Waals surface area contributed by atoms with Gasteiger partial charge in [-0.15, -0.1) is 11.3 Å². The summed E-state index contributed by atoms with van der Waals surface area (Å²) in [7, 11) is 1.59. The second-order valence-corrected chi connectivity index (χ2v) is 5.17. The van der Waals surface area contributed by atoms with Crippen LogP contribution in [0.5, 0.6) is 5.75 Å². The van der Waals surface area contributed by atoms with Crippen LogP contribution in [0.2, 0.25) is 0 Å². The third-order valence-electron chi connectivity index (χ3n) is 2.88. The number of hydrogen-bond acceptors (Lipinski definition) is 5. The average Bonchev–Trinajstić information content (AvgIpc) is 2.97. The van der Waals surface area contributed by atoms with E-state index >= 15 is 0 Å². The van der Waals surface area contributed by atoms with Crippen molar-refractivity contribution >= 4 is 23.2 Å². The SMILES string of the molecule is COc1ccc(C(C)NC(=O)c2nc(C(=O)O)cs2)cc1. The Morgan fingerprint density at radius 1 is 1.33 bits per heavy atom. The van der Waals surface area contributed by atoms with Gasteiger partial charge < -0.3 is 15.2 Å². The molecule has 2 rings (SSSR count). The molecule has 1 aromatic carbocycles. The van der Waals surface area contributed by atoms with Crippen LogP contribution in [-0.4, -0.2) is 29.1 Å². The molecule has 7 heteroatoms. The lowest BCUT2D eigenvalue weighted by molar-refractivity contribution is 0.0691. The predicted molar refractivity (Wildman–Crippen MR) is 77.9 cm³/mol. The maximum atomic E-state index is 12.0. The first kappa shape index (κ1) is 15.0. The van der Waals surface area contributed by atoms with Gasteiger partial charge in [0.25, 0.3) is 5.91 Å². The standard InChI is InChI=1S/C14H14N2O4S/c1-8(9-3-5-10(20-2)6-4-9)15-12(17)13-16-11(7-21-13)14(18)19/h3-8H,1-2H3,(H,15,17)(H,18,19). The quantitative estimate of drug-likeness (QED) is 0.885. The van der Waals surface area contributed by atoms with Crippen molar-refractivity contribution in [3.05, 3.63) is 45.9 Å². The molecular weight excluding hydrogens is 292 g/mol. The number of carboxylic acid groups (broad SMARTS) is 1. The summed E-state index contributed by atoms with van der Waals surface area (Å²) in [6, 6.07) is 7.11. The van der Waals surface area contributed by atoms with Crippen molar-refractivity contribution < 1.29 is 19.4 Å². The number of aromatic nitrogens is 1. The number of thiazole rings is 1. The number of methoxy groups -OCH3 is 1. The fourth-order valence-electron chi connectivity index (χ4n) is 1.71. The monoisotopic (exact) mass is 306 g/mol. The van der Waals surface area contributed by atoms with Crippen LogP contribution in [-0.2, 0) is 0 Å². The van der Waals surface area contributed by atoms with Crippen molar-refractivity contribution in [3.63, 3.8) is 0 Å². The van der Waals surface area contributed by atoms with E-state index in [4.69, 9.17) is 9.84 Å². The van der Waals surface area contributed by atoms with Crippen molar-refractivity contribution in [2.75, 3.05) is 7.11 Å². The van der Waals surface area contributed by atoms with Gasteiger partial charge in [-0.3, -0.25) is 4.79 Å². The van der Waals surface area contributed by atoms with Gasteiger partial charge in [-0.1, -0.05) is 12.1 Å². The second-order valence-electron chi connectivity index (χ2n) is 4.31. The van der Waals surface area contributed by atoms with Crippen LogP contribution in [0, 0.1) is 0 Å². The van der Waals surface area contributed by atoms with E-state index in [2.05, 4.69) is 10.3 Å². The van der Waals surface area contributed by atoms with E-state index in [1.807, 2.05) is 31.2 Å². The Morgan fingerprint density at radius 3 is 2.52 bits per heavy atom. The normalized spacial score (nSPS) is 11.7. The van der Waals surface area contributed by atoms with Gasteiger partial charge in [0.1, 0.15) is 5.75 Å². The number of benzene rings is 1. The minimum atomic E-state index is -1.14. The molecule has 2 aromatic rings. The molecule has 110 valence electrons. The Bertz CT molecular complexity index is 651. The van der Waals surface area contributed by atoms with Gasteiger partial charge in [0.15, 0.2) is 10.7 Å². The Balaban J connectivity index is 2.05. The van der Waals surface area contributed by atoms with Gasteiger partial charge in [0.2, 0.25) is 0 Å². The summed E-state index contributed by atoms with van der Waals surface area (Å²) in [6.07, 6.45) is 0. The molecule has 0 radical (unpaired) electrons. The van der Waals surface area contributed by atoms with Gasteiger partial charge in [0, 0.05) is 5.38 Å². The van der Waals surface area contributed by atoms with Gasteiger partial charge in [-0.25, -0.2) is 9.78 Å². The Labute approximate surface area is 125 Å². The zero-order chi connectivity index (χ0) is 15.4. The van der Waals surface area contributed by atoms with E-state index in [9.17, 15) is 9.59 Å². The van der Waals surface area contributed by atoms with Gasteiger partial charge in [-0.05, 0) is 24.6 Å². The van der Waals surface area contributed by atoms with Crippen LogP contribution in [0.4, 0.5) is 0 Å². The lowest BCUT2D eigenvalue weighted by atomic mass is 10.1. The third-order valence-corrected chi connectivity index (χ3v) is 3.72. The Morgan fingerprint density at radius 2 is 2.00 bits per heavy atom. The van der Waals surface area contributed by atoms with Crippen LogP contribution in [0.25, 0.3) is 0 Å². The number of carboxylic acids is 1. The van der Waals surface area contributed by atoms with Gasteiger partial charge in [-0.2, -0.15) is 0 Å². The topological polar surface area (TPSA) is 88.5 Å². The van der Waals surface area contributed by atoms with Crippen molar-refractivity contribution in [3.8, 4) is 5.75 Å². The number of hydrogen-bond donors (Lipinski definition) is 2. The molecule has 2 N–H and O–H groups in total. The zero-order valence-electron chi connectivity index (χ0n) is 11.5. The summed E-state index contributed by atoms with van der Waals surface area (Å²) < 4.78 is 5.07. The highest BCUT2D eigenvalue weighted by atomic mass is 32.1. The first-order valence-corrected chi connectivity index (χ1v) is 7.03. The van der Waals surface area contributed by atoms with E-state index in [1.54, 1.807) is 7.11 Å². The molecule has 1 atom stereocenters. The van der Waals surface area contributed by atoms with Gasteiger partial charge >= 0.3 is 5.97 Å². The van der Waals surface area contributed by atoms with E-state index in [1.165, 1.54) is 5.38 Å². The highest BCUT2D eigenvalue weighted by molar-refractivity contribution is 7.11. The van der Waals surface area contributed by atoms with Crippen molar-refractivity contribution in [1.29, 1.82) is 0 Å². The summed E-state index contributed by atoms with van der Waals surface area (Å²) >= 11 is 1.01. The van der Waals surface area contributed by atoms with Crippen molar-refractivity contribution in [2.24, 2.45) is 0 Å². The molecule has 0 saturated carbocycles. The fourth-order valence-corrected chi connectivity index (χ4v) is 2.40. The first-order valence-electron chi connectivity index (χ1n) is 6.15. The minimum Gasteiger partial charge on any atom is -0.497 e. The largest absolute Gasteiger partial charge is 0.497 e. The summed E-state index contributed by atoms with van der Waals surface area (Å²) in [5, 5.41) is 13.0. The zero-order valence-corrected chi connectivity index (χ0v) is 12.3. The van der Waals surface area contributed by atoms with Crippen LogP contribution < -0.4 is 10.1 Å². The number of amides is 1. The number of carbonyl (C=O) groups excluding carboxylic acids is 1. The number of ether oxygens (including phenoxy) is 1. The third kappa shape index (κ3) is 3.57. The predicted octanol–water partition coefficient (Wildman–Crippen LogP) is 2.34. The minimum absolute atomic E-state index is 0.123. The molecule has 0 saturated heterocycles. The maximum absolute atomic E-state index is 12.0. The Hall–Kier alpha value is -2.41. The molecule has 1 amide bonds. The van der Waals surface area contributed by atoms with Crippen molar-refractivity contribution in [1.82, 2.24) is 10.3 Å².